The van der Waals surface area contributed by atoms with E-state index >= 15 is 0 Å². The Morgan fingerprint density at radius 1 is 1.50 bits per heavy atom. The summed E-state index contributed by atoms with van der Waals surface area (Å²) in [6, 6.07) is 0. The number of nitrogens with one attached hydrogen (secondary N) is 1. The molecule has 0 aromatic heterocycles. The van der Waals surface area contributed by atoms with Gasteiger partial charge < -0.3 is 16.2 Å². The quantitative estimate of drug-likeness (QED) is 0.588. The van der Waals surface area contributed by atoms with Gasteiger partial charge in [0.15, 0.2) is 0 Å². The van der Waals surface area contributed by atoms with Crippen LogP contribution in [0.1, 0.15) is 45.4 Å². The molecule has 1 amide bonds. The number of carbonyl (C=O) groups is 1. The molecule has 0 bridgehead atoms. The fraction of sp³-hybridized carbons (Fsp3) is 0.917. The minimum Gasteiger partial charge on any atom is -0.393 e. The molecule has 1 unspecified atom stereocenters. The Kier molecular flexibility index (Phi) is 5.22. The smallest absolute Gasteiger partial charge is 0.227 e. The van der Waals surface area contributed by atoms with E-state index in [1.807, 2.05) is 0 Å². The third kappa shape index (κ3) is 3.46. The van der Waals surface area contributed by atoms with E-state index in [0.717, 1.165) is 38.5 Å². The van der Waals surface area contributed by atoms with E-state index in [0.29, 0.717) is 13.1 Å². The minimum atomic E-state index is -0.301. The molecule has 1 aliphatic carbocycles. The molecule has 4 heteroatoms. The molecule has 0 spiro atoms. The lowest BCUT2D eigenvalue weighted by atomic mass is 9.85. The molecule has 0 aliphatic heterocycles. The van der Waals surface area contributed by atoms with Gasteiger partial charge in [-0.05, 0) is 32.6 Å². The van der Waals surface area contributed by atoms with E-state index in [1.165, 1.54) is 0 Å². The van der Waals surface area contributed by atoms with Crippen molar-refractivity contribution in [2.24, 2.45) is 11.1 Å². The average Bonchev–Trinajstić information content (AvgIpc) is 2.73. The molecule has 0 aromatic carbocycles. The van der Waals surface area contributed by atoms with Crippen LogP contribution in [0, 0.1) is 5.41 Å². The zero-order valence-electron chi connectivity index (χ0n) is 10.2. The predicted octanol–water partition coefficient (Wildman–Crippen LogP) is 0.783. The van der Waals surface area contributed by atoms with Gasteiger partial charge in [-0.2, -0.15) is 0 Å². The SMILES string of the molecule is CC(O)CCCNC(=O)C1(CN)CCCC1. The topological polar surface area (TPSA) is 75.3 Å². The van der Waals surface area contributed by atoms with Crippen LogP contribution in [0.5, 0.6) is 0 Å². The lowest BCUT2D eigenvalue weighted by Crippen LogP contribution is -2.44. The predicted molar refractivity (Wildman–Crippen MR) is 63.9 cm³/mol. The Balaban J connectivity index is 2.28. The van der Waals surface area contributed by atoms with Crippen molar-refractivity contribution in [3.05, 3.63) is 0 Å². The zero-order valence-corrected chi connectivity index (χ0v) is 10.2. The first-order valence-corrected chi connectivity index (χ1v) is 6.27. The minimum absolute atomic E-state index is 0.109. The molecule has 16 heavy (non-hydrogen) atoms. The Morgan fingerprint density at radius 2 is 2.12 bits per heavy atom. The highest BCUT2D eigenvalue weighted by atomic mass is 16.3. The van der Waals surface area contributed by atoms with Gasteiger partial charge in [-0.25, -0.2) is 0 Å². The van der Waals surface area contributed by atoms with Crippen molar-refractivity contribution in [2.45, 2.75) is 51.6 Å². The molecule has 1 atom stereocenters. The second kappa shape index (κ2) is 6.21. The van der Waals surface area contributed by atoms with Crippen molar-refractivity contribution in [1.82, 2.24) is 5.32 Å². The summed E-state index contributed by atoms with van der Waals surface area (Å²) in [5, 5.41) is 12.0. The molecule has 4 nitrogen and oxygen atoms in total. The van der Waals surface area contributed by atoms with E-state index in [4.69, 9.17) is 10.8 Å². The van der Waals surface area contributed by atoms with E-state index in [9.17, 15) is 4.79 Å². The number of aliphatic hydroxyl groups excluding tert-OH is 1. The first-order valence-electron chi connectivity index (χ1n) is 6.27. The van der Waals surface area contributed by atoms with Gasteiger partial charge in [0.05, 0.1) is 11.5 Å². The van der Waals surface area contributed by atoms with Gasteiger partial charge in [-0.3, -0.25) is 4.79 Å². The molecule has 1 saturated carbocycles. The van der Waals surface area contributed by atoms with Gasteiger partial charge in [-0.1, -0.05) is 12.8 Å². The van der Waals surface area contributed by atoms with Crippen molar-refractivity contribution >= 4 is 5.91 Å². The molecule has 0 aromatic rings. The molecular formula is C12H24N2O2. The third-order valence-corrected chi connectivity index (χ3v) is 3.52. The van der Waals surface area contributed by atoms with Gasteiger partial charge in [0, 0.05) is 13.1 Å². The van der Waals surface area contributed by atoms with Crippen molar-refractivity contribution in [2.75, 3.05) is 13.1 Å². The maximum Gasteiger partial charge on any atom is 0.227 e. The second-order valence-electron chi connectivity index (χ2n) is 4.94. The highest BCUT2D eigenvalue weighted by Gasteiger charge is 2.39. The van der Waals surface area contributed by atoms with E-state index in [2.05, 4.69) is 5.32 Å². The third-order valence-electron chi connectivity index (χ3n) is 3.52. The Bertz CT molecular complexity index is 223. The molecule has 4 N–H and O–H groups in total. The van der Waals surface area contributed by atoms with Crippen LogP contribution >= 0.6 is 0 Å². The fourth-order valence-electron chi connectivity index (χ4n) is 2.36. The Morgan fingerprint density at radius 3 is 2.62 bits per heavy atom. The van der Waals surface area contributed by atoms with Crippen LogP contribution < -0.4 is 11.1 Å². The van der Waals surface area contributed by atoms with Crippen LogP contribution in [0.25, 0.3) is 0 Å². The van der Waals surface area contributed by atoms with Crippen molar-refractivity contribution in [3.63, 3.8) is 0 Å². The molecule has 1 rings (SSSR count). The number of amides is 1. The lowest BCUT2D eigenvalue weighted by molar-refractivity contribution is -0.130. The standard InChI is InChI=1S/C12H24N2O2/c1-10(15)5-4-8-14-11(16)12(9-13)6-2-3-7-12/h10,15H,2-9,13H2,1H3,(H,14,16). The van der Waals surface area contributed by atoms with Crippen molar-refractivity contribution in [3.8, 4) is 0 Å². The van der Waals surface area contributed by atoms with E-state index in [1.54, 1.807) is 6.92 Å². The van der Waals surface area contributed by atoms with Crippen LogP contribution in [0.3, 0.4) is 0 Å². The molecule has 0 heterocycles. The van der Waals surface area contributed by atoms with Crippen molar-refractivity contribution in [1.29, 1.82) is 0 Å². The second-order valence-corrected chi connectivity index (χ2v) is 4.94. The van der Waals surface area contributed by atoms with Crippen LogP contribution in [0.2, 0.25) is 0 Å². The van der Waals surface area contributed by atoms with Gasteiger partial charge in [0.25, 0.3) is 0 Å². The summed E-state index contributed by atoms with van der Waals surface area (Å²) in [4.78, 5) is 12.0. The average molecular weight is 228 g/mol. The van der Waals surface area contributed by atoms with Crippen LogP contribution in [0.15, 0.2) is 0 Å². The maximum atomic E-state index is 12.0. The normalized spacial score (nSPS) is 20.7. The summed E-state index contributed by atoms with van der Waals surface area (Å²) in [5.74, 6) is 0.109. The first kappa shape index (κ1) is 13.5. The van der Waals surface area contributed by atoms with E-state index < -0.39 is 0 Å². The summed E-state index contributed by atoms with van der Waals surface area (Å²) in [6.07, 6.45) is 5.33. The number of hydrogen-bond acceptors (Lipinski definition) is 3. The molecule has 94 valence electrons. The molecule has 1 aliphatic rings. The van der Waals surface area contributed by atoms with Gasteiger partial charge in [0.1, 0.15) is 0 Å². The number of rotatable bonds is 6. The van der Waals surface area contributed by atoms with Crippen LogP contribution in [0.4, 0.5) is 0 Å². The molecule has 0 saturated heterocycles. The first-order chi connectivity index (χ1) is 7.60. The summed E-state index contributed by atoms with van der Waals surface area (Å²) >= 11 is 0. The summed E-state index contributed by atoms with van der Waals surface area (Å²) < 4.78 is 0. The van der Waals surface area contributed by atoms with E-state index in [-0.39, 0.29) is 17.4 Å². The number of nitrogens with two attached hydrogens (primary N) is 1. The van der Waals surface area contributed by atoms with Crippen molar-refractivity contribution < 1.29 is 9.90 Å². The summed E-state index contributed by atoms with van der Waals surface area (Å²) in [7, 11) is 0. The Hall–Kier alpha value is -0.610. The lowest BCUT2D eigenvalue weighted by Gasteiger charge is -2.25. The van der Waals surface area contributed by atoms with Crippen LogP contribution in [-0.4, -0.2) is 30.2 Å². The fourth-order valence-corrected chi connectivity index (χ4v) is 2.36. The Labute approximate surface area is 97.6 Å². The maximum absolute atomic E-state index is 12.0. The molecule has 1 fully saturated rings. The summed E-state index contributed by atoms with van der Waals surface area (Å²) in [6.45, 7) is 2.86. The monoisotopic (exact) mass is 228 g/mol. The number of carbonyl (C=O) groups excluding carboxylic acids is 1. The largest absolute Gasteiger partial charge is 0.393 e. The van der Waals surface area contributed by atoms with Crippen LogP contribution in [-0.2, 0) is 4.79 Å². The summed E-state index contributed by atoms with van der Waals surface area (Å²) in [5.41, 5.74) is 5.42. The highest BCUT2D eigenvalue weighted by Crippen LogP contribution is 2.37. The highest BCUT2D eigenvalue weighted by molar-refractivity contribution is 5.83. The zero-order chi connectivity index (χ0) is 12.0. The number of hydrogen-bond donors (Lipinski definition) is 3. The van der Waals surface area contributed by atoms with Gasteiger partial charge >= 0.3 is 0 Å². The van der Waals surface area contributed by atoms with Gasteiger partial charge in [0.2, 0.25) is 5.91 Å². The van der Waals surface area contributed by atoms with Gasteiger partial charge in [-0.15, -0.1) is 0 Å². The molecular weight excluding hydrogens is 204 g/mol. The molecule has 0 radical (unpaired) electrons. The number of aliphatic hydroxyl groups is 1.